The van der Waals surface area contributed by atoms with Gasteiger partial charge in [0.15, 0.2) is 11.6 Å². The number of sulfonamides is 2. The van der Waals surface area contributed by atoms with Gasteiger partial charge >= 0.3 is 48.7 Å². The highest BCUT2D eigenvalue weighted by atomic mass is 32.2. The van der Waals surface area contributed by atoms with Crippen molar-refractivity contribution in [2.24, 2.45) is 9.98 Å². The fraction of sp³-hybridized carbons (Fsp3) is 0.653. The lowest BCUT2D eigenvalue weighted by molar-refractivity contribution is -0.152. The van der Waals surface area contributed by atoms with Crippen LogP contribution in [-0.4, -0.2) is 300 Å². The summed E-state index contributed by atoms with van der Waals surface area (Å²) in [6, 6.07) is 14.8. The van der Waals surface area contributed by atoms with Crippen LogP contribution in [0, 0.1) is 13.8 Å². The highest BCUT2D eigenvalue weighted by molar-refractivity contribution is 7.89. The second kappa shape index (κ2) is 45.3. The van der Waals surface area contributed by atoms with Crippen molar-refractivity contribution in [2.45, 2.75) is 311 Å². The lowest BCUT2D eigenvalue weighted by atomic mass is 9.88. The van der Waals surface area contributed by atoms with Crippen molar-refractivity contribution in [2.75, 3.05) is 105 Å². The summed E-state index contributed by atoms with van der Waals surface area (Å²) < 4.78 is 215. The van der Waals surface area contributed by atoms with E-state index in [2.05, 4.69) is 9.98 Å². The van der Waals surface area contributed by atoms with Gasteiger partial charge in [0.2, 0.25) is 20.0 Å². The molecule has 0 radical (unpaired) electrons. The van der Waals surface area contributed by atoms with Crippen LogP contribution in [0.3, 0.4) is 0 Å². The number of amides is 6. The number of nitrogens with zero attached hydrogens (tertiary/aromatic N) is 8. The van der Waals surface area contributed by atoms with Gasteiger partial charge in [-0.1, -0.05) is 12.1 Å². The van der Waals surface area contributed by atoms with Gasteiger partial charge in [0.25, 0.3) is 11.8 Å². The first-order valence-corrected chi connectivity index (χ1v) is 49.8. The molecule has 6 aliphatic rings. The van der Waals surface area contributed by atoms with Gasteiger partial charge in [-0.15, -0.1) is 0 Å². The zero-order valence-corrected chi connectivity index (χ0v) is 87.2. The maximum absolute atomic E-state index is 14.6. The normalized spacial score (nSPS) is 19.6. The molecule has 0 unspecified atom stereocenters. The van der Waals surface area contributed by atoms with E-state index in [0.29, 0.717) is 75.9 Å². The van der Waals surface area contributed by atoms with E-state index < -0.39 is 171 Å². The average molecular weight is 2040 g/mol. The summed E-state index contributed by atoms with van der Waals surface area (Å²) in [5.74, 6) is -6.76. The number of hydrogen-bond donors (Lipinski definition) is 2. The van der Waals surface area contributed by atoms with Crippen molar-refractivity contribution >= 4 is 79.8 Å². The molecule has 788 valence electrons. The van der Waals surface area contributed by atoms with E-state index in [9.17, 15) is 86.6 Å². The van der Waals surface area contributed by atoms with Gasteiger partial charge in [0, 0.05) is 77.5 Å². The van der Waals surface area contributed by atoms with Crippen molar-refractivity contribution in [3.63, 3.8) is 0 Å². The van der Waals surface area contributed by atoms with Crippen molar-refractivity contribution in [3.8, 4) is 11.5 Å². The van der Waals surface area contributed by atoms with Crippen molar-refractivity contribution in [1.29, 1.82) is 0 Å². The molecule has 4 saturated heterocycles. The quantitative estimate of drug-likeness (QED) is 0.0231. The van der Waals surface area contributed by atoms with Crippen molar-refractivity contribution in [1.82, 2.24) is 28.2 Å². The predicted molar refractivity (Wildman–Crippen MR) is 507 cm³/mol. The number of phenols is 1. The Morgan fingerprint density at radius 2 is 0.801 bits per heavy atom. The Balaban J connectivity index is 0.000000294. The summed E-state index contributed by atoms with van der Waals surface area (Å²) in [6.07, 6.45) is -14.2. The molecule has 10 rings (SSSR count). The van der Waals surface area contributed by atoms with Gasteiger partial charge in [-0.05, 0) is 294 Å². The minimum absolute atomic E-state index is 0.0436. The number of carbonyl (C=O) groups excluding carboxylic acids is 8. The maximum atomic E-state index is 14.6. The number of aliphatic imine (C=N–C) groups is 2. The number of esters is 2. The molecule has 35 nitrogen and oxygen atoms in total. The zero-order valence-electron chi connectivity index (χ0n) is 85.6. The Labute approximate surface area is 822 Å². The van der Waals surface area contributed by atoms with Gasteiger partial charge in [-0.25, -0.2) is 54.2 Å². The Kier molecular flexibility index (Phi) is 37.4. The molecule has 6 heterocycles. The van der Waals surface area contributed by atoms with Crippen LogP contribution in [0.2, 0.25) is 0 Å². The molecule has 2 N–H and O–H groups in total. The lowest BCUT2D eigenvalue weighted by Crippen LogP contribution is -2.53. The molecule has 6 aliphatic heterocycles. The molecular formula is C98H140F6N8O27S2. The number of hydrogen-bond acceptors (Lipinski definition) is 29. The number of rotatable bonds is 28. The third-order valence-corrected chi connectivity index (χ3v) is 26.0. The first-order valence-electron chi connectivity index (χ1n) is 46.6. The van der Waals surface area contributed by atoms with Gasteiger partial charge in [-0.3, -0.25) is 19.6 Å². The summed E-state index contributed by atoms with van der Waals surface area (Å²) in [7, 11) is -4.49. The number of ether oxygens (including phenoxy) is 13. The third kappa shape index (κ3) is 34.0. The number of aliphatic hydroxyl groups excluding tert-OH is 1. The van der Waals surface area contributed by atoms with Crippen LogP contribution in [0.4, 0.5) is 45.5 Å². The maximum Gasteiger partial charge on any atom is 0.423 e. The first-order chi connectivity index (χ1) is 64.5. The molecule has 6 amide bonds. The highest BCUT2D eigenvalue weighted by Crippen LogP contribution is 2.44. The third-order valence-electron chi connectivity index (χ3n) is 22.3. The van der Waals surface area contributed by atoms with E-state index in [-0.39, 0.29) is 151 Å². The molecule has 141 heavy (non-hydrogen) atoms. The molecule has 0 saturated carbocycles. The number of phenolic OH excluding ortho intramolecular Hbond substituents is 1. The second-order valence-electron chi connectivity index (χ2n) is 42.4. The Morgan fingerprint density at radius 3 is 1.14 bits per heavy atom. The first kappa shape index (κ1) is 117. The van der Waals surface area contributed by atoms with E-state index in [1.165, 1.54) is 24.5 Å². The topological polar surface area (TPSA) is 409 Å². The van der Waals surface area contributed by atoms with Gasteiger partial charge in [0.1, 0.15) is 80.1 Å². The summed E-state index contributed by atoms with van der Waals surface area (Å²) in [5, 5.41) is 19.2. The van der Waals surface area contributed by atoms with Crippen LogP contribution in [0.25, 0.3) is 0 Å². The largest absolute Gasteiger partial charge is 0.508 e. The molecule has 0 bridgehead atoms. The number of piperidine rings is 2. The summed E-state index contributed by atoms with van der Waals surface area (Å²) in [6.45, 7) is 42.2. The van der Waals surface area contributed by atoms with E-state index in [4.69, 9.17) is 66.7 Å². The van der Waals surface area contributed by atoms with E-state index in [0.717, 1.165) is 23.8 Å². The number of likely N-dealkylation sites (N-methyl/N-ethyl adjacent to an activating group) is 2. The second-order valence-corrected chi connectivity index (χ2v) is 46.6. The molecule has 4 aromatic carbocycles. The SMILES string of the molecule is CN(CCOC[C@H]1OC(C)(C)O[C@H]1CCO)C(=O)OC(C)(C)C.Cc1cc(C(=O)OC(C)(C)C)ccc1CCS(=O)(=O)N1CCC2(CC1)N=C(c1cc(O)cc(C(F)(F)F)c1)N(C(=O)OC(C)(C)C)C2=O.Cc1cc(C(=O)OC(C)(C)C)ccc1CCS(=O)(=O)N1CCC2(CC1)N=C(c1cc(OCC[C@@H]3OC(C)(C)O[C@@H]3COCCN(C)C(=O)OC(C)(C)C)cc(C(F)(F)F)c1)N(C(=O)OC(C)(C)C)C2=O. The van der Waals surface area contributed by atoms with Crippen LogP contribution >= 0.6 is 0 Å². The van der Waals surface area contributed by atoms with E-state index in [1.807, 2.05) is 34.6 Å². The summed E-state index contributed by atoms with van der Waals surface area (Å²) in [4.78, 5) is 118. The number of carbonyl (C=O) groups is 8. The molecule has 2 spiro atoms. The molecular weight excluding hydrogens is 1900 g/mol. The number of amidine groups is 2. The number of benzene rings is 4. The summed E-state index contributed by atoms with van der Waals surface area (Å²) >= 11 is 0. The number of aromatic hydroxyl groups is 1. The predicted octanol–water partition coefficient (Wildman–Crippen LogP) is 15.5. The van der Waals surface area contributed by atoms with Crippen LogP contribution in [0.1, 0.15) is 256 Å². The average Bonchev–Trinajstić information content (AvgIpc) is 1.59. The zero-order chi connectivity index (χ0) is 106. The Hall–Kier alpha value is -9.70. The smallest absolute Gasteiger partial charge is 0.423 e. The van der Waals surface area contributed by atoms with Crippen LogP contribution in [0.5, 0.6) is 11.5 Å². The minimum Gasteiger partial charge on any atom is -0.508 e. The van der Waals surface area contributed by atoms with Crippen molar-refractivity contribution in [3.05, 3.63) is 128 Å². The lowest BCUT2D eigenvalue weighted by Gasteiger charge is -2.35. The molecule has 0 aromatic heterocycles. The van der Waals surface area contributed by atoms with Crippen LogP contribution in [-0.2, 0) is 112 Å². The molecule has 4 aromatic rings. The fourth-order valence-electron chi connectivity index (χ4n) is 15.6. The van der Waals surface area contributed by atoms with Gasteiger partial charge in [0.05, 0.1) is 79.0 Å². The molecule has 4 fully saturated rings. The van der Waals surface area contributed by atoms with Crippen molar-refractivity contribution < 1.29 is 153 Å². The number of aliphatic hydroxyl groups is 1. The van der Waals surface area contributed by atoms with E-state index >= 15 is 0 Å². The van der Waals surface area contributed by atoms with Gasteiger partial charge in [-0.2, -0.15) is 36.1 Å². The van der Waals surface area contributed by atoms with Crippen LogP contribution in [0.15, 0.2) is 82.8 Å². The molecule has 43 heteroatoms. The standard InChI is InChI=1S/C49H69F3N4O13S.C33H40F3N3O8S.C16H31NO6/c1-31-26-33(40(57)67-44(2,3)4)15-14-32(31)17-25-70(61,62)55-20-18-48(19-21-55)41(58)56(43(60)69-46(8,9)10)39(53-48)34-27-35(49(50,51)52)29-36(28-34)64-23-16-37-38(66-47(11,12)65-37)30-63-24-22-54(13)42(59)68-45(5,6)7;1-20-16-22(27(41)46-30(2,3)4)9-8-21(20)10-15-48(44,45)38-13-11-32(12-14-38)28(42)39(29(43)47-31(5,6)7)26(37-32)23-17-24(33(34,35)36)19-25(40)18-23;1-15(2,3)23-14(19)17(6)8-10-20-11-13-12(7-9-18)21-16(4,5)22-13/h14-15,26-29,37-38H,16-25,30H2,1-13H3;8-9,16-19,40H,10-15H2,1-7H3;12-13,18H,7-11H2,1-6H3/t37-,38+;;12-,13+/m0.0/s1. The van der Waals surface area contributed by atoms with Gasteiger partial charge < -0.3 is 81.6 Å². The molecule has 0 aliphatic carbocycles. The number of alkyl halides is 6. The highest BCUT2D eigenvalue weighted by Gasteiger charge is 2.57. The minimum atomic E-state index is -4.89. The molecule has 4 atom stereocenters. The number of halogens is 6. The Morgan fingerprint density at radius 1 is 0.461 bits per heavy atom. The summed E-state index contributed by atoms with van der Waals surface area (Å²) in [5.41, 5.74) is -7.48. The number of aryl methyl sites for hydroxylation is 4. The van der Waals surface area contributed by atoms with Crippen LogP contribution < -0.4 is 4.74 Å². The fourth-order valence-corrected chi connectivity index (χ4v) is 18.6. The Bertz CT molecular complexity index is 5440. The number of imide groups is 2. The monoisotopic (exact) mass is 2040 g/mol. The van der Waals surface area contributed by atoms with E-state index in [1.54, 1.807) is 182 Å².